The van der Waals surface area contributed by atoms with Gasteiger partial charge in [0.25, 0.3) is 0 Å². The first kappa shape index (κ1) is 10.6. The zero-order chi connectivity index (χ0) is 8.85. The van der Waals surface area contributed by atoms with E-state index in [0.717, 1.165) is 0 Å². The third-order valence-electron chi connectivity index (χ3n) is 1.17. The lowest BCUT2D eigenvalue weighted by atomic mass is 10.3. The average Bonchev–Trinajstić information content (AvgIpc) is 1.87. The molecule has 0 saturated carbocycles. The maximum Gasteiger partial charge on any atom is 0.246 e. The molecule has 0 aliphatic carbocycles. The van der Waals surface area contributed by atoms with Crippen LogP contribution < -0.4 is 0 Å². The zero-order valence-electron chi connectivity index (χ0n) is 6.02. The van der Waals surface area contributed by atoms with Crippen molar-refractivity contribution in [3.05, 3.63) is 10.1 Å². The van der Waals surface area contributed by atoms with Gasteiger partial charge in [-0.05, 0) is 12.2 Å². The normalized spacial score (nSPS) is 12.2. The number of thiocarbonyl (C=S) groups is 1. The van der Waals surface area contributed by atoms with Crippen molar-refractivity contribution in [3.63, 3.8) is 0 Å². The van der Waals surface area contributed by atoms with E-state index in [2.05, 4.69) is 24.8 Å². The first-order valence-electron chi connectivity index (χ1n) is 3.07. The van der Waals surface area contributed by atoms with Crippen LogP contribution in [0.1, 0.15) is 13.3 Å². The fourth-order valence-corrected chi connectivity index (χ4v) is 0.638. The van der Waals surface area contributed by atoms with E-state index in [1.165, 1.54) is 0 Å². The van der Waals surface area contributed by atoms with Crippen LogP contribution in [0, 0.1) is 10.1 Å². The highest BCUT2D eigenvalue weighted by Crippen LogP contribution is 1.98. The van der Waals surface area contributed by atoms with Gasteiger partial charge in [0.2, 0.25) is 10.4 Å². The third-order valence-corrected chi connectivity index (χ3v) is 1.42. The number of thiol groups is 1. The zero-order valence-corrected chi connectivity index (χ0v) is 7.73. The first-order chi connectivity index (χ1) is 5.07. The molecule has 0 amide bonds. The van der Waals surface area contributed by atoms with Crippen molar-refractivity contribution in [2.75, 3.05) is 6.61 Å². The highest BCUT2D eigenvalue weighted by molar-refractivity contribution is 8.10. The Kier molecular flexibility index (Phi) is 5.14. The van der Waals surface area contributed by atoms with Crippen LogP contribution in [0.2, 0.25) is 0 Å². The van der Waals surface area contributed by atoms with E-state index in [1.807, 2.05) is 0 Å². The Labute approximate surface area is 75.5 Å². The molecule has 0 heterocycles. The second-order valence-corrected chi connectivity index (χ2v) is 3.00. The predicted molar refractivity (Wildman–Crippen MR) is 48.6 cm³/mol. The molecule has 0 spiro atoms. The minimum Gasteiger partial charge on any atom is -0.471 e. The van der Waals surface area contributed by atoms with Gasteiger partial charge in [-0.3, -0.25) is 10.1 Å². The molecule has 0 rings (SSSR count). The van der Waals surface area contributed by atoms with Crippen LogP contribution in [0.15, 0.2) is 0 Å². The van der Waals surface area contributed by atoms with Gasteiger partial charge in [0.05, 0.1) is 0 Å². The van der Waals surface area contributed by atoms with Crippen molar-refractivity contribution >= 4 is 29.2 Å². The van der Waals surface area contributed by atoms with Crippen LogP contribution in [0.5, 0.6) is 0 Å². The minimum absolute atomic E-state index is 0.00579. The van der Waals surface area contributed by atoms with Crippen molar-refractivity contribution in [1.82, 2.24) is 0 Å². The summed E-state index contributed by atoms with van der Waals surface area (Å²) >= 11 is 8.13. The second kappa shape index (κ2) is 5.31. The Bertz CT molecular complexity index is 162. The Morgan fingerprint density at radius 2 is 2.45 bits per heavy atom. The van der Waals surface area contributed by atoms with Crippen molar-refractivity contribution < 1.29 is 9.66 Å². The molecule has 0 aliphatic heterocycles. The molecule has 1 atom stereocenters. The Balaban J connectivity index is 3.70. The summed E-state index contributed by atoms with van der Waals surface area (Å²) in [6.07, 6.45) is 0.434. The monoisotopic (exact) mass is 195 g/mol. The highest BCUT2D eigenvalue weighted by Gasteiger charge is 2.17. The minimum atomic E-state index is -0.680. The summed E-state index contributed by atoms with van der Waals surface area (Å²) in [7, 11) is 0. The van der Waals surface area contributed by atoms with Gasteiger partial charge in [0.15, 0.2) is 6.61 Å². The molecule has 0 fully saturated rings. The Morgan fingerprint density at radius 1 is 1.91 bits per heavy atom. The SMILES string of the molecule is CCC(COC(=S)S)[N+](=O)[O-]. The second-order valence-electron chi connectivity index (χ2n) is 1.92. The van der Waals surface area contributed by atoms with E-state index in [4.69, 9.17) is 4.74 Å². The third kappa shape index (κ3) is 4.97. The van der Waals surface area contributed by atoms with E-state index in [1.54, 1.807) is 6.92 Å². The van der Waals surface area contributed by atoms with Gasteiger partial charge in [-0.2, -0.15) is 0 Å². The van der Waals surface area contributed by atoms with Crippen LogP contribution in [0.4, 0.5) is 0 Å². The largest absolute Gasteiger partial charge is 0.471 e. The van der Waals surface area contributed by atoms with Gasteiger partial charge in [0.1, 0.15) is 0 Å². The number of rotatable bonds is 4. The fourth-order valence-electron chi connectivity index (χ4n) is 0.495. The number of hydrogen-bond acceptors (Lipinski definition) is 4. The van der Waals surface area contributed by atoms with Crippen LogP contribution in [0.25, 0.3) is 0 Å². The lowest BCUT2D eigenvalue weighted by molar-refractivity contribution is -0.525. The summed E-state index contributed by atoms with van der Waals surface area (Å²) in [5.41, 5.74) is 0. The van der Waals surface area contributed by atoms with Gasteiger partial charge in [-0.15, -0.1) is 0 Å². The molecule has 0 N–H and O–H groups in total. The highest BCUT2D eigenvalue weighted by atomic mass is 32.1. The molecule has 4 nitrogen and oxygen atoms in total. The smallest absolute Gasteiger partial charge is 0.246 e. The first-order valence-corrected chi connectivity index (χ1v) is 3.92. The Morgan fingerprint density at radius 3 is 2.73 bits per heavy atom. The molecule has 6 heteroatoms. The summed E-state index contributed by atoms with van der Waals surface area (Å²) in [5, 5.41) is 10.2. The van der Waals surface area contributed by atoms with Crippen molar-refractivity contribution in [3.8, 4) is 0 Å². The standard InChI is InChI=1S/C5H9NO3S2/c1-2-4(6(7)8)3-9-5(10)11/h4H,2-3H2,1H3,(H,10,11). The fraction of sp³-hybridized carbons (Fsp3) is 0.800. The summed E-state index contributed by atoms with van der Waals surface area (Å²) in [4.78, 5) is 9.82. The number of hydrogen-bond donors (Lipinski definition) is 1. The van der Waals surface area contributed by atoms with E-state index >= 15 is 0 Å². The summed E-state index contributed by atoms with van der Waals surface area (Å²) < 4.78 is 4.76. The molecule has 0 radical (unpaired) electrons. The van der Waals surface area contributed by atoms with Crippen LogP contribution in [-0.2, 0) is 4.74 Å². The lowest BCUT2D eigenvalue weighted by Crippen LogP contribution is -2.24. The number of nitro groups is 1. The summed E-state index contributed by atoms with van der Waals surface area (Å²) in [5.74, 6) is 0. The van der Waals surface area contributed by atoms with Gasteiger partial charge < -0.3 is 4.74 Å². The molecule has 0 aromatic rings. The van der Waals surface area contributed by atoms with E-state index in [0.29, 0.717) is 6.42 Å². The van der Waals surface area contributed by atoms with Gasteiger partial charge in [-0.1, -0.05) is 19.6 Å². The van der Waals surface area contributed by atoms with E-state index in [9.17, 15) is 10.1 Å². The summed E-state index contributed by atoms with van der Waals surface area (Å²) in [6.45, 7) is 1.73. The lowest BCUT2D eigenvalue weighted by Gasteiger charge is -2.06. The van der Waals surface area contributed by atoms with Crippen LogP contribution >= 0.6 is 24.8 Å². The number of nitrogens with zero attached hydrogens (tertiary/aromatic N) is 1. The molecule has 0 aromatic carbocycles. The molecule has 1 unspecified atom stereocenters. The van der Waals surface area contributed by atoms with Crippen molar-refractivity contribution in [2.45, 2.75) is 19.4 Å². The van der Waals surface area contributed by atoms with E-state index < -0.39 is 6.04 Å². The maximum atomic E-state index is 10.2. The molecular weight excluding hydrogens is 186 g/mol. The van der Waals surface area contributed by atoms with Crippen LogP contribution in [0.3, 0.4) is 0 Å². The van der Waals surface area contributed by atoms with Gasteiger partial charge >= 0.3 is 0 Å². The Hall–Kier alpha value is -0.360. The molecule has 0 saturated heterocycles. The molecule has 0 aromatic heterocycles. The topological polar surface area (TPSA) is 52.4 Å². The molecular formula is C5H9NO3S2. The molecule has 0 aliphatic rings. The molecule has 64 valence electrons. The maximum absolute atomic E-state index is 10.2. The van der Waals surface area contributed by atoms with Gasteiger partial charge in [0, 0.05) is 11.3 Å². The number of ether oxygens (including phenoxy) is 1. The predicted octanol–water partition coefficient (Wildman–Crippen LogP) is 1.27. The quantitative estimate of drug-likeness (QED) is 0.318. The van der Waals surface area contributed by atoms with Gasteiger partial charge in [-0.25, -0.2) is 0 Å². The summed E-state index contributed by atoms with van der Waals surface area (Å²) in [6, 6.07) is -0.680. The molecule has 11 heavy (non-hydrogen) atoms. The van der Waals surface area contributed by atoms with Crippen molar-refractivity contribution in [2.24, 2.45) is 0 Å². The van der Waals surface area contributed by atoms with E-state index in [-0.39, 0.29) is 15.9 Å². The van der Waals surface area contributed by atoms with Crippen molar-refractivity contribution in [1.29, 1.82) is 0 Å². The average molecular weight is 195 g/mol. The van der Waals surface area contributed by atoms with Crippen LogP contribution in [-0.4, -0.2) is 22.0 Å². The molecule has 0 bridgehead atoms.